The summed E-state index contributed by atoms with van der Waals surface area (Å²) >= 11 is 0. The lowest BCUT2D eigenvalue weighted by molar-refractivity contribution is -0.139. The van der Waals surface area contributed by atoms with Crippen molar-refractivity contribution < 1.29 is 14.3 Å². The molecule has 0 radical (unpaired) electrons. The Morgan fingerprint density at radius 2 is 1.77 bits per heavy atom. The molecule has 2 aromatic rings. The predicted molar refractivity (Wildman–Crippen MR) is 102 cm³/mol. The highest BCUT2D eigenvalue weighted by Crippen LogP contribution is 2.22. The number of rotatable bonds is 6. The van der Waals surface area contributed by atoms with Crippen LogP contribution < -0.4 is 4.74 Å². The quantitative estimate of drug-likeness (QED) is 0.789. The third kappa shape index (κ3) is 4.85. The van der Waals surface area contributed by atoms with E-state index in [-0.39, 0.29) is 11.8 Å². The number of hydrogen-bond donors (Lipinski definition) is 0. The van der Waals surface area contributed by atoms with E-state index in [1.54, 1.807) is 7.11 Å². The summed E-state index contributed by atoms with van der Waals surface area (Å²) in [6.45, 7) is 4.67. The second-order valence-corrected chi connectivity index (χ2v) is 6.92. The average Bonchev–Trinajstić information content (AvgIpc) is 2.68. The molecule has 1 amide bonds. The highest BCUT2D eigenvalue weighted by molar-refractivity contribution is 5.79. The molecule has 0 N–H and O–H groups in total. The third-order valence-electron chi connectivity index (χ3n) is 4.87. The van der Waals surface area contributed by atoms with Crippen LogP contribution in [0.4, 0.5) is 0 Å². The van der Waals surface area contributed by atoms with Crippen LogP contribution in [0.2, 0.25) is 0 Å². The molecule has 0 bridgehead atoms. The first-order chi connectivity index (χ1) is 12.7. The average molecular weight is 353 g/mol. The molecule has 1 fully saturated rings. The summed E-state index contributed by atoms with van der Waals surface area (Å²) in [6, 6.07) is 16.3. The lowest BCUT2D eigenvalue weighted by atomic mass is 9.98. The fourth-order valence-corrected chi connectivity index (χ4v) is 3.40. The van der Waals surface area contributed by atoms with Crippen LogP contribution in [0.3, 0.4) is 0 Å². The molecular formula is C22H27NO3. The number of carbonyl (C=O) groups is 1. The van der Waals surface area contributed by atoms with E-state index in [0.29, 0.717) is 26.3 Å². The molecule has 1 aliphatic heterocycles. The van der Waals surface area contributed by atoms with Crippen LogP contribution in [0.15, 0.2) is 48.5 Å². The smallest absolute Gasteiger partial charge is 0.226 e. The van der Waals surface area contributed by atoms with Crippen molar-refractivity contribution in [3.8, 4) is 5.75 Å². The summed E-state index contributed by atoms with van der Waals surface area (Å²) < 4.78 is 10.7. The molecule has 1 saturated heterocycles. The van der Waals surface area contributed by atoms with Gasteiger partial charge < -0.3 is 14.4 Å². The molecule has 0 unspecified atom stereocenters. The third-order valence-corrected chi connectivity index (χ3v) is 4.87. The summed E-state index contributed by atoms with van der Waals surface area (Å²) in [5, 5.41) is 0. The molecule has 4 nitrogen and oxygen atoms in total. The fourth-order valence-electron chi connectivity index (χ4n) is 3.40. The number of hydrogen-bond acceptors (Lipinski definition) is 3. The molecule has 0 aliphatic carbocycles. The van der Waals surface area contributed by atoms with Gasteiger partial charge in [-0.05, 0) is 43.0 Å². The van der Waals surface area contributed by atoms with E-state index in [9.17, 15) is 4.79 Å². The maximum absolute atomic E-state index is 13.2. The molecule has 1 aliphatic rings. The van der Waals surface area contributed by atoms with Crippen LogP contribution >= 0.6 is 0 Å². The van der Waals surface area contributed by atoms with E-state index in [1.165, 1.54) is 11.1 Å². The fraction of sp³-hybridized carbons (Fsp3) is 0.409. The Bertz CT molecular complexity index is 720. The standard InChI is InChI=1S/C22H27NO3/c1-17-4-3-5-19(14-17)16-23(22(24)20-10-12-26-13-11-20)15-18-6-8-21(25-2)9-7-18/h3-9,14,20H,10-13,15-16H2,1-2H3. The van der Waals surface area contributed by atoms with Crippen LogP contribution in [0.25, 0.3) is 0 Å². The number of carbonyl (C=O) groups excluding carboxylic acids is 1. The molecule has 26 heavy (non-hydrogen) atoms. The van der Waals surface area contributed by atoms with Gasteiger partial charge in [-0.2, -0.15) is 0 Å². The summed E-state index contributed by atoms with van der Waals surface area (Å²) in [7, 11) is 1.66. The molecule has 0 atom stereocenters. The number of aryl methyl sites for hydroxylation is 1. The number of benzene rings is 2. The summed E-state index contributed by atoms with van der Waals surface area (Å²) in [4.78, 5) is 15.1. The monoisotopic (exact) mass is 353 g/mol. The van der Waals surface area contributed by atoms with Crippen LogP contribution in [0, 0.1) is 12.8 Å². The van der Waals surface area contributed by atoms with Gasteiger partial charge in [0.15, 0.2) is 0 Å². The van der Waals surface area contributed by atoms with E-state index >= 15 is 0 Å². The first kappa shape index (κ1) is 18.5. The molecule has 4 heteroatoms. The molecule has 0 saturated carbocycles. The Morgan fingerprint density at radius 3 is 2.42 bits per heavy atom. The van der Waals surface area contributed by atoms with Gasteiger partial charge in [-0.15, -0.1) is 0 Å². The summed E-state index contributed by atoms with van der Waals surface area (Å²) in [5.74, 6) is 1.12. The largest absolute Gasteiger partial charge is 0.497 e. The van der Waals surface area contributed by atoms with Crippen LogP contribution in [0.5, 0.6) is 5.75 Å². The number of ether oxygens (including phenoxy) is 2. The molecule has 2 aromatic carbocycles. The molecule has 0 spiro atoms. The minimum atomic E-state index is 0.0619. The topological polar surface area (TPSA) is 38.8 Å². The van der Waals surface area contributed by atoms with Gasteiger partial charge in [0.2, 0.25) is 5.91 Å². The van der Waals surface area contributed by atoms with Gasteiger partial charge in [0.1, 0.15) is 5.75 Å². The zero-order chi connectivity index (χ0) is 18.4. The van der Waals surface area contributed by atoms with E-state index < -0.39 is 0 Å². The zero-order valence-electron chi connectivity index (χ0n) is 15.6. The Labute approximate surface area is 155 Å². The first-order valence-electron chi connectivity index (χ1n) is 9.20. The van der Waals surface area contributed by atoms with Gasteiger partial charge >= 0.3 is 0 Å². The molecule has 138 valence electrons. The van der Waals surface area contributed by atoms with E-state index in [4.69, 9.17) is 9.47 Å². The van der Waals surface area contributed by atoms with Crippen molar-refractivity contribution in [2.75, 3.05) is 20.3 Å². The SMILES string of the molecule is COc1ccc(CN(Cc2cccc(C)c2)C(=O)C2CCOCC2)cc1. The number of amides is 1. The first-order valence-corrected chi connectivity index (χ1v) is 9.20. The van der Waals surface area contributed by atoms with Crippen LogP contribution in [0.1, 0.15) is 29.5 Å². The Balaban J connectivity index is 1.78. The van der Waals surface area contributed by atoms with Crippen molar-refractivity contribution in [1.82, 2.24) is 4.90 Å². The zero-order valence-corrected chi connectivity index (χ0v) is 15.6. The van der Waals surface area contributed by atoms with Crippen molar-refractivity contribution in [3.63, 3.8) is 0 Å². The second-order valence-electron chi connectivity index (χ2n) is 6.92. The number of nitrogens with zero attached hydrogens (tertiary/aromatic N) is 1. The van der Waals surface area contributed by atoms with Crippen LogP contribution in [-0.4, -0.2) is 31.1 Å². The minimum absolute atomic E-state index is 0.0619. The van der Waals surface area contributed by atoms with Crippen molar-refractivity contribution in [2.45, 2.75) is 32.9 Å². The molecule has 1 heterocycles. The predicted octanol–water partition coefficient (Wildman–Crippen LogP) is 3.96. The van der Waals surface area contributed by atoms with Crippen molar-refractivity contribution >= 4 is 5.91 Å². The molecular weight excluding hydrogens is 326 g/mol. The Morgan fingerprint density at radius 1 is 1.08 bits per heavy atom. The van der Waals surface area contributed by atoms with Gasteiger partial charge in [0.05, 0.1) is 7.11 Å². The highest BCUT2D eigenvalue weighted by Gasteiger charge is 2.26. The number of methoxy groups -OCH3 is 1. The van der Waals surface area contributed by atoms with Crippen LogP contribution in [-0.2, 0) is 22.6 Å². The van der Waals surface area contributed by atoms with Gasteiger partial charge in [0.25, 0.3) is 0 Å². The summed E-state index contributed by atoms with van der Waals surface area (Å²) in [5.41, 5.74) is 3.49. The minimum Gasteiger partial charge on any atom is -0.497 e. The maximum Gasteiger partial charge on any atom is 0.226 e. The second kappa shape index (κ2) is 8.86. The van der Waals surface area contributed by atoms with Gasteiger partial charge in [0, 0.05) is 32.2 Å². The van der Waals surface area contributed by atoms with Gasteiger partial charge in [-0.25, -0.2) is 0 Å². The van der Waals surface area contributed by atoms with Gasteiger partial charge in [-0.3, -0.25) is 4.79 Å². The van der Waals surface area contributed by atoms with Crippen molar-refractivity contribution in [1.29, 1.82) is 0 Å². The molecule has 3 rings (SSSR count). The van der Waals surface area contributed by atoms with Crippen molar-refractivity contribution in [3.05, 3.63) is 65.2 Å². The lowest BCUT2D eigenvalue weighted by Gasteiger charge is -2.30. The van der Waals surface area contributed by atoms with Crippen molar-refractivity contribution in [2.24, 2.45) is 5.92 Å². The molecule has 0 aromatic heterocycles. The lowest BCUT2D eigenvalue weighted by Crippen LogP contribution is -2.37. The van der Waals surface area contributed by atoms with E-state index in [0.717, 1.165) is 24.2 Å². The maximum atomic E-state index is 13.2. The van der Waals surface area contributed by atoms with Gasteiger partial charge in [-0.1, -0.05) is 42.0 Å². The Hall–Kier alpha value is -2.33. The van der Waals surface area contributed by atoms with E-state index in [2.05, 4.69) is 31.2 Å². The van der Waals surface area contributed by atoms with E-state index in [1.807, 2.05) is 29.2 Å². The normalized spacial score (nSPS) is 14.8. The highest BCUT2D eigenvalue weighted by atomic mass is 16.5. The Kier molecular flexibility index (Phi) is 6.29. The summed E-state index contributed by atoms with van der Waals surface area (Å²) in [6.07, 6.45) is 1.62.